The van der Waals surface area contributed by atoms with E-state index in [1.165, 1.54) is 6.92 Å². The minimum atomic E-state index is -1.29. The Morgan fingerprint density at radius 3 is 2.19 bits per heavy atom. The van der Waals surface area contributed by atoms with Crippen LogP contribution in [0.5, 0.6) is 0 Å². The lowest BCUT2D eigenvalue weighted by atomic mass is 10.1. The lowest BCUT2D eigenvalue weighted by molar-refractivity contribution is -0.143. The Hall–Kier alpha value is -1.63. The highest BCUT2D eigenvalue weighted by atomic mass is 16.4. The Kier molecular flexibility index (Phi) is 6.09. The van der Waals surface area contributed by atoms with E-state index in [1.54, 1.807) is 0 Å². The van der Waals surface area contributed by atoms with Crippen molar-refractivity contribution in [1.82, 2.24) is 5.32 Å². The highest BCUT2D eigenvalue weighted by Crippen LogP contribution is 1.99. The first kappa shape index (κ1) is 14.4. The molecule has 4 N–H and O–H groups in total. The van der Waals surface area contributed by atoms with Gasteiger partial charge in [0.05, 0.1) is 12.5 Å². The minimum absolute atomic E-state index is 0.184. The van der Waals surface area contributed by atoms with E-state index in [0.717, 1.165) is 0 Å². The predicted molar refractivity (Wildman–Crippen MR) is 52.7 cm³/mol. The number of carboxylic acid groups (broad SMARTS) is 2. The van der Waals surface area contributed by atoms with E-state index in [-0.39, 0.29) is 19.3 Å². The van der Waals surface area contributed by atoms with Crippen molar-refractivity contribution in [3.8, 4) is 0 Å². The van der Waals surface area contributed by atoms with E-state index in [2.05, 4.69) is 5.32 Å². The molecule has 1 amide bonds. The summed E-state index contributed by atoms with van der Waals surface area (Å²) in [7, 11) is 0. The molecule has 7 nitrogen and oxygen atoms in total. The number of hydrogen-bond acceptors (Lipinski definition) is 4. The van der Waals surface area contributed by atoms with Crippen LogP contribution < -0.4 is 5.32 Å². The van der Waals surface area contributed by atoms with E-state index in [0.29, 0.717) is 0 Å². The van der Waals surface area contributed by atoms with Crippen LogP contribution in [-0.2, 0) is 14.4 Å². The van der Waals surface area contributed by atoms with Crippen molar-refractivity contribution in [1.29, 1.82) is 0 Å². The Balaban J connectivity index is 4.17. The highest BCUT2D eigenvalue weighted by Gasteiger charge is 2.21. The van der Waals surface area contributed by atoms with E-state index in [9.17, 15) is 14.4 Å². The topological polar surface area (TPSA) is 124 Å². The average Bonchev–Trinajstić information content (AvgIpc) is 2.09. The van der Waals surface area contributed by atoms with Gasteiger partial charge < -0.3 is 20.6 Å². The molecule has 16 heavy (non-hydrogen) atoms. The van der Waals surface area contributed by atoms with Gasteiger partial charge in [0, 0.05) is 6.42 Å². The van der Waals surface area contributed by atoms with Crippen LogP contribution >= 0.6 is 0 Å². The zero-order valence-corrected chi connectivity index (χ0v) is 8.84. The van der Waals surface area contributed by atoms with Crippen LogP contribution in [0.3, 0.4) is 0 Å². The molecule has 0 saturated heterocycles. The van der Waals surface area contributed by atoms with Gasteiger partial charge in [-0.05, 0) is 13.3 Å². The molecule has 0 rings (SSSR count). The van der Waals surface area contributed by atoms with Crippen LogP contribution in [0, 0.1) is 0 Å². The number of carboxylic acids is 2. The first-order valence-electron chi connectivity index (χ1n) is 4.75. The van der Waals surface area contributed by atoms with E-state index in [4.69, 9.17) is 15.3 Å². The maximum Gasteiger partial charge on any atom is 0.326 e. The van der Waals surface area contributed by atoms with Gasteiger partial charge in [-0.2, -0.15) is 0 Å². The average molecular weight is 233 g/mol. The maximum atomic E-state index is 11.1. The van der Waals surface area contributed by atoms with E-state index >= 15 is 0 Å². The SMILES string of the molecule is CC(O)CC(=O)NC(CCC(=O)O)C(=O)O. The van der Waals surface area contributed by atoms with Crippen molar-refractivity contribution in [2.75, 3.05) is 0 Å². The molecule has 0 aromatic heterocycles. The second-order valence-electron chi connectivity index (χ2n) is 3.44. The molecule has 0 spiro atoms. The number of hydrogen-bond donors (Lipinski definition) is 4. The molecule has 2 atom stereocenters. The van der Waals surface area contributed by atoms with Gasteiger partial charge in [-0.1, -0.05) is 0 Å². The van der Waals surface area contributed by atoms with Gasteiger partial charge in [-0.3, -0.25) is 9.59 Å². The number of carbonyl (C=O) groups excluding carboxylic acids is 1. The van der Waals surface area contributed by atoms with Crippen LogP contribution in [0.2, 0.25) is 0 Å². The molecule has 0 bridgehead atoms. The van der Waals surface area contributed by atoms with Crippen LogP contribution in [0.15, 0.2) is 0 Å². The molecule has 0 aromatic carbocycles. The van der Waals surface area contributed by atoms with Gasteiger partial charge in [0.2, 0.25) is 5.91 Å². The molecule has 92 valence electrons. The Labute approximate surface area is 92.1 Å². The smallest absolute Gasteiger partial charge is 0.326 e. The molecule has 0 aliphatic rings. The number of amides is 1. The summed E-state index contributed by atoms with van der Waals surface area (Å²) in [6.45, 7) is 1.40. The van der Waals surface area contributed by atoms with Gasteiger partial charge in [0.25, 0.3) is 0 Å². The number of nitrogens with one attached hydrogen (secondary N) is 1. The predicted octanol–water partition coefficient (Wildman–Crippen LogP) is -0.808. The lowest BCUT2D eigenvalue weighted by Crippen LogP contribution is -2.41. The molecule has 2 unspecified atom stereocenters. The minimum Gasteiger partial charge on any atom is -0.481 e. The molecule has 0 radical (unpaired) electrons. The van der Waals surface area contributed by atoms with Gasteiger partial charge in [0.15, 0.2) is 0 Å². The first-order chi connectivity index (χ1) is 7.32. The van der Waals surface area contributed by atoms with Gasteiger partial charge in [-0.25, -0.2) is 4.79 Å². The standard InChI is InChI=1S/C9H15NO6/c1-5(11)4-7(12)10-6(9(15)16)2-3-8(13)14/h5-6,11H,2-4H2,1H3,(H,10,12)(H,13,14)(H,15,16). The molecule has 0 heterocycles. The van der Waals surface area contributed by atoms with E-state index < -0.39 is 30.0 Å². The zero-order chi connectivity index (χ0) is 12.7. The number of carbonyl (C=O) groups is 3. The van der Waals surface area contributed by atoms with Crippen LogP contribution in [0.1, 0.15) is 26.2 Å². The molecule has 0 aliphatic heterocycles. The van der Waals surface area contributed by atoms with Crippen molar-refractivity contribution >= 4 is 17.8 Å². The van der Waals surface area contributed by atoms with Crippen molar-refractivity contribution in [3.05, 3.63) is 0 Å². The zero-order valence-electron chi connectivity index (χ0n) is 8.84. The Bertz CT molecular complexity index is 275. The third-order valence-electron chi connectivity index (χ3n) is 1.76. The number of aliphatic hydroxyl groups excluding tert-OH is 1. The fourth-order valence-electron chi connectivity index (χ4n) is 1.05. The monoisotopic (exact) mass is 233 g/mol. The molecule has 0 fully saturated rings. The third-order valence-corrected chi connectivity index (χ3v) is 1.76. The Morgan fingerprint density at radius 2 is 1.81 bits per heavy atom. The van der Waals surface area contributed by atoms with Gasteiger partial charge in [-0.15, -0.1) is 0 Å². The van der Waals surface area contributed by atoms with Crippen molar-refractivity contribution in [2.24, 2.45) is 0 Å². The van der Waals surface area contributed by atoms with Crippen LogP contribution in [0.25, 0.3) is 0 Å². The summed E-state index contributed by atoms with van der Waals surface area (Å²) in [4.78, 5) is 32.0. The number of aliphatic carboxylic acids is 2. The fraction of sp³-hybridized carbons (Fsp3) is 0.667. The second kappa shape index (κ2) is 6.78. The fourth-order valence-corrected chi connectivity index (χ4v) is 1.05. The molecule has 0 aliphatic carbocycles. The molecular formula is C9H15NO6. The summed E-state index contributed by atoms with van der Waals surface area (Å²) >= 11 is 0. The normalized spacial score (nSPS) is 13.9. The van der Waals surface area contributed by atoms with Gasteiger partial charge in [0.1, 0.15) is 6.04 Å². The van der Waals surface area contributed by atoms with Crippen LogP contribution in [-0.4, -0.2) is 45.3 Å². The Morgan fingerprint density at radius 1 is 1.25 bits per heavy atom. The lowest BCUT2D eigenvalue weighted by Gasteiger charge is -2.14. The largest absolute Gasteiger partial charge is 0.481 e. The first-order valence-corrected chi connectivity index (χ1v) is 4.75. The third kappa shape index (κ3) is 6.77. The second-order valence-corrected chi connectivity index (χ2v) is 3.44. The molecule has 0 saturated carbocycles. The maximum absolute atomic E-state index is 11.1. The van der Waals surface area contributed by atoms with Crippen LogP contribution in [0.4, 0.5) is 0 Å². The summed E-state index contributed by atoms with van der Waals surface area (Å²) in [6.07, 6.45) is -1.60. The number of rotatable bonds is 7. The summed E-state index contributed by atoms with van der Waals surface area (Å²) in [5.74, 6) is -3.04. The highest BCUT2D eigenvalue weighted by molar-refractivity contribution is 5.84. The van der Waals surface area contributed by atoms with Crippen molar-refractivity contribution in [3.63, 3.8) is 0 Å². The summed E-state index contributed by atoms with van der Waals surface area (Å²) in [5, 5.41) is 28.1. The van der Waals surface area contributed by atoms with Crippen molar-refractivity contribution in [2.45, 2.75) is 38.3 Å². The molecular weight excluding hydrogens is 218 g/mol. The van der Waals surface area contributed by atoms with Crippen molar-refractivity contribution < 1.29 is 29.7 Å². The quantitative estimate of drug-likeness (QED) is 0.456. The van der Waals surface area contributed by atoms with E-state index in [1.807, 2.05) is 0 Å². The molecule has 0 aromatic rings. The molecule has 7 heteroatoms. The summed E-state index contributed by atoms with van der Waals surface area (Å²) < 4.78 is 0. The number of aliphatic hydroxyl groups is 1. The van der Waals surface area contributed by atoms with Gasteiger partial charge >= 0.3 is 11.9 Å². The summed E-state index contributed by atoms with van der Waals surface area (Å²) in [5.41, 5.74) is 0. The summed E-state index contributed by atoms with van der Waals surface area (Å²) in [6, 6.07) is -1.23.